The van der Waals surface area contributed by atoms with Crippen LogP contribution in [0.5, 0.6) is 0 Å². The summed E-state index contributed by atoms with van der Waals surface area (Å²) in [5.41, 5.74) is 4.28. The molecular weight excluding hydrogens is 220 g/mol. The number of amides is 1. The van der Waals surface area contributed by atoms with E-state index >= 15 is 0 Å². The Kier molecular flexibility index (Phi) is 3.36. The van der Waals surface area contributed by atoms with Crippen molar-refractivity contribution in [2.45, 2.75) is 17.6 Å². The molecule has 9 heteroatoms. The minimum atomic E-state index is -5.35. The predicted molar refractivity (Wildman–Crippen MR) is 33.3 cm³/mol. The van der Waals surface area contributed by atoms with Crippen molar-refractivity contribution in [1.82, 2.24) is 0 Å². The third kappa shape index (κ3) is 4.15. The van der Waals surface area contributed by atoms with E-state index in [0.29, 0.717) is 0 Å². The third-order valence-corrected chi connectivity index (χ3v) is 3.59. The molecule has 0 aromatic heterocycles. The minimum absolute atomic E-state index is 1.58. The molecule has 0 aliphatic rings. The first-order valence-electron chi connectivity index (χ1n) is 2.97. The Labute approximate surface area is 70.3 Å². The smallest absolute Gasteiger partial charge is 0.369 e. The summed E-state index contributed by atoms with van der Waals surface area (Å²) in [5, 5.41) is 0. The van der Waals surface area contributed by atoms with Gasteiger partial charge in [0.1, 0.15) is 0 Å². The molecule has 13 heavy (non-hydrogen) atoms. The Hall–Kier alpha value is -0.733. The minimum Gasteiger partial charge on any atom is -0.370 e. The normalized spacial score (nSPS) is 13.5. The van der Waals surface area contributed by atoms with Crippen LogP contribution in [-0.4, -0.2) is 26.3 Å². The molecule has 0 radical (unpaired) electrons. The van der Waals surface area contributed by atoms with E-state index in [1.165, 1.54) is 0 Å². The molecule has 0 aliphatic carbocycles. The molecule has 0 bridgehead atoms. The fourth-order valence-corrected chi connectivity index (χ4v) is 1.85. The third-order valence-electron chi connectivity index (χ3n) is 1.20. The molecule has 1 amide bonds. The largest absolute Gasteiger partial charge is 0.370 e. The highest BCUT2D eigenvalue weighted by Crippen LogP contribution is 2.33. The number of hydrogen-bond donors (Lipinski definition) is 1. The highest BCUT2D eigenvalue weighted by Gasteiger charge is 2.59. The van der Waals surface area contributed by atoms with Crippen LogP contribution in [0.1, 0.15) is 0 Å². The molecule has 0 spiro atoms. The van der Waals surface area contributed by atoms with Crippen molar-refractivity contribution in [1.29, 1.82) is 0 Å². The maximum absolute atomic E-state index is 11.7. The number of primary amides is 1. The first kappa shape index (κ1) is 12.3. The zero-order chi connectivity index (χ0) is 10.9. The Balaban J connectivity index is 4.68. The first-order valence-corrected chi connectivity index (χ1v) is 4.94. The summed E-state index contributed by atoms with van der Waals surface area (Å²) in [6, 6.07) is -1.63. The van der Waals surface area contributed by atoms with Gasteiger partial charge in [-0.3, -0.25) is 4.79 Å². The topological polar surface area (TPSA) is 43.1 Å². The van der Waals surface area contributed by atoms with E-state index in [9.17, 15) is 31.1 Å². The van der Waals surface area contributed by atoms with Gasteiger partial charge in [-0.25, -0.2) is 0 Å². The second-order valence-corrected chi connectivity index (χ2v) is 5.13. The molecule has 0 saturated heterocycles. The van der Waals surface area contributed by atoms with E-state index in [4.69, 9.17) is 0 Å². The standard InChI is InChI=1S/C4H5F6NOSi/c5-3(6,7)13(1-2(11)12)4(8,9)10/h13H,1H2,(H2,11,12). The van der Waals surface area contributed by atoms with Crippen molar-refractivity contribution in [2.75, 3.05) is 0 Å². The van der Waals surface area contributed by atoms with E-state index < -0.39 is 32.3 Å². The van der Waals surface area contributed by atoms with Crippen LogP contribution >= 0.6 is 0 Å². The number of halogens is 6. The molecule has 78 valence electrons. The van der Waals surface area contributed by atoms with E-state index in [1.807, 2.05) is 0 Å². The number of hydrogen-bond acceptors (Lipinski definition) is 1. The zero-order valence-corrected chi connectivity index (χ0v) is 7.19. The summed E-state index contributed by atoms with van der Waals surface area (Å²) in [7, 11) is -5.14. The Bertz CT molecular complexity index is 184. The molecule has 0 fully saturated rings. The zero-order valence-electron chi connectivity index (χ0n) is 6.04. The van der Waals surface area contributed by atoms with Crippen LogP contribution in [0.15, 0.2) is 0 Å². The number of alkyl halides is 6. The van der Waals surface area contributed by atoms with Crippen LogP contribution < -0.4 is 5.73 Å². The Morgan fingerprint density at radius 1 is 1.08 bits per heavy atom. The monoisotopic (exact) mass is 225 g/mol. The SMILES string of the molecule is NC(=O)C[SiH](C(F)(F)F)C(F)(F)F. The number of carbonyl (C=O) groups is 1. The van der Waals surface area contributed by atoms with Crippen molar-refractivity contribution in [3.63, 3.8) is 0 Å². The van der Waals surface area contributed by atoms with Gasteiger partial charge in [-0.2, -0.15) is 26.3 Å². The van der Waals surface area contributed by atoms with Crippen LogP contribution in [0, 0.1) is 0 Å². The average Bonchev–Trinajstić information content (AvgIpc) is 1.77. The summed E-state index contributed by atoms with van der Waals surface area (Å²) in [6.45, 7) is 0. The molecule has 2 nitrogen and oxygen atoms in total. The van der Waals surface area contributed by atoms with Gasteiger partial charge in [0.15, 0.2) is 0 Å². The van der Waals surface area contributed by atoms with Gasteiger partial charge in [0.2, 0.25) is 5.91 Å². The van der Waals surface area contributed by atoms with Crippen molar-refractivity contribution in [3.05, 3.63) is 0 Å². The van der Waals surface area contributed by atoms with Gasteiger partial charge in [-0.1, -0.05) is 0 Å². The van der Waals surface area contributed by atoms with Gasteiger partial charge in [0.05, 0.1) is 0 Å². The maximum atomic E-state index is 11.7. The van der Waals surface area contributed by atoms with Gasteiger partial charge in [-0.15, -0.1) is 0 Å². The van der Waals surface area contributed by atoms with Gasteiger partial charge >= 0.3 is 11.6 Å². The second-order valence-electron chi connectivity index (χ2n) is 2.31. The molecular formula is C4H5F6NOSi. The van der Waals surface area contributed by atoms with E-state index in [-0.39, 0.29) is 0 Å². The summed E-state index contributed by atoms with van der Waals surface area (Å²) >= 11 is 0. The lowest BCUT2D eigenvalue weighted by atomic mass is 10.8. The summed E-state index contributed by atoms with van der Waals surface area (Å²) in [5.74, 6) is -12.3. The molecule has 0 atom stereocenters. The van der Waals surface area contributed by atoms with Crippen molar-refractivity contribution in [3.8, 4) is 0 Å². The summed E-state index contributed by atoms with van der Waals surface area (Å²) in [4.78, 5) is 9.96. The second kappa shape index (κ2) is 3.56. The lowest BCUT2D eigenvalue weighted by Gasteiger charge is -2.19. The van der Waals surface area contributed by atoms with Gasteiger partial charge in [0.25, 0.3) is 8.80 Å². The lowest BCUT2D eigenvalue weighted by molar-refractivity contribution is -0.121. The quantitative estimate of drug-likeness (QED) is 0.550. The molecule has 0 unspecified atom stereocenters. The van der Waals surface area contributed by atoms with Crippen molar-refractivity contribution >= 4 is 14.7 Å². The molecule has 0 saturated carbocycles. The lowest BCUT2D eigenvalue weighted by Crippen LogP contribution is -2.49. The highest BCUT2D eigenvalue weighted by atomic mass is 28.3. The number of carbonyl (C=O) groups excluding carboxylic acids is 1. The number of nitrogens with two attached hydrogens (primary N) is 1. The van der Waals surface area contributed by atoms with Gasteiger partial charge < -0.3 is 5.73 Å². The average molecular weight is 225 g/mol. The maximum Gasteiger partial charge on any atom is 0.369 e. The Morgan fingerprint density at radius 3 is 1.46 bits per heavy atom. The van der Waals surface area contributed by atoms with E-state index in [0.717, 1.165) is 0 Å². The predicted octanol–water partition coefficient (Wildman–Crippen LogP) is 0.902. The fraction of sp³-hybridized carbons (Fsp3) is 0.750. The first-order chi connectivity index (χ1) is 5.55. The Morgan fingerprint density at radius 2 is 1.38 bits per heavy atom. The van der Waals surface area contributed by atoms with Gasteiger partial charge in [-0.05, 0) is 0 Å². The molecule has 2 N–H and O–H groups in total. The van der Waals surface area contributed by atoms with Crippen LogP contribution in [0.25, 0.3) is 0 Å². The molecule has 0 rings (SSSR count). The van der Waals surface area contributed by atoms with Crippen molar-refractivity contribution < 1.29 is 31.1 Å². The van der Waals surface area contributed by atoms with Crippen LogP contribution in [0.3, 0.4) is 0 Å². The highest BCUT2D eigenvalue weighted by molar-refractivity contribution is 6.66. The summed E-state index contributed by atoms with van der Waals surface area (Å²) in [6.07, 6.45) is 0. The molecule has 0 heterocycles. The summed E-state index contributed by atoms with van der Waals surface area (Å²) < 4.78 is 70.3. The molecule has 0 aromatic carbocycles. The van der Waals surface area contributed by atoms with Crippen LogP contribution in [-0.2, 0) is 4.79 Å². The van der Waals surface area contributed by atoms with Gasteiger partial charge in [0, 0.05) is 6.04 Å². The molecule has 0 aromatic rings. The van der Waals surface area contributed by atoms with Crippen LogP contribution in [0.4, 0.5) is 26.3 Å². The van der Waals surface area contributed by atoms with E-state index in [2.05, 4.69) is 5.73 Å². The van der Waals surface area contributed by atoms with Crippen molar-refractivity contribution in [2.24, 2.45) is 5.73 Å². The fourth-order valence-electron chi connectivity index (χ4n) is 0.618. The molecule has 0 aliphatic heterocycles. The number of rotatable bonds is 2. The van der Waals surface area contributed by atoms with E-state index in [1.54, 1.807) is 0 Å². The van der Waals surface area contributed by atoms with Crippen LogP contribution in [0.2, 0.25) is 6.04 Å².